The lowest BCUT2D eigenvalue weighted by Crippen LogP contribution is -2.44. The summed E-state index contributed by atoms with van der Waals surface area (Å²) in [7, 11) is 0. The highest BCUT2D eigenvalue weighted by molar-refractivity contribution is 5.77. The lowest BCUT2D eigenvalue weighted by atomic mass is 10.1. The second-order valence-electron chi connectivity index (χ2n) is 5.03. The van der Waals surface area contributed by atoms with Crippen LogP contribution in [0.4, 0.5) is 4.79 Å². The molecule has 0 saturated carbocycles. The van der Waals surface area contributed by atoms with Crippen molar-refractivity contribution >= 4 is 12.0 Å². The Labute approximate surface area is 106 Å². The first-order valence-corrected chi connectivity index (χ1v) is 6.46. The Kier molecular flexibility index (Phi) is 4.06. The molecule has 0 aromatic rings. The predicted molar refractivity (Wildman–Crippen MR) is 64.3 cm³/mol. The van der Waals surface area contributed by atoms with Crippen LogP contribution < -0.4 is 0 Å². The lowest BCUT2D eigenvalue weighted by molar-refractivity contribution is -0.141. The number of amides is 2. The van der Waals surface area contributed by atoms with Gasteiger partial charge in [0.15, 0.2) is 0 Å². The Bertz CT molecular complexity index is 334. The molecule has 0 bridgehead atoms. The van der Waals surface area contributed by atoms with Gasteiger partial charge in [0.05, 0.1) is 12.0 Å². The van der Waals surface area contributed by atoms with Crippen molar-refractivity contribution in [2.75, 3.05) is 32.8 Å². The maximum atomic E-state index is 12.3. The second-order valence-corrected chi connectivity index (χ2v) is 5.03. The van der Waals surface area contributed by atoms with Gasteiger partial charge in [-0.25, -0.2) is 4.79 Å². The Morgan fingerprint density at radius 3 is 2.61 bits per heavy atom. The Hall–Kier alpha value is -1.30. The van der Waals surface area contributed by atoms with Gasteiger partial charge in [-0.15, -0.1) is 0 Å². The van der Waals surface area contributed by atoms with Crippen molar-refractivity contribution in [3.8, 4) is 0 Å². The molecule has 2 aliphatic heterocycles. The zero-order valence-electron chi connectivity index (χ0n) is 10.7. The van der Waals surface area contributed by atoms with Crippen LogP contribution in [0.5, 0.6) is 0 Å². The first kappa shape index (κ1) is 13.1. The number of carbonyl (C=O) groups is 2. The summed E-state index contributed by atoms with van der Waals surface area (Å²) >= 11 is 0. The van der Waals surface area contributed by atoms with Crippen LogP contribution >= 0.6 is 0 Å². The maximum Gasteiger partial charge on any atom is 0.320 e. The molecule has 18 heavy (non-hydrogen) atoms. The molecule has 2 aliphatic rings. The summed E-state index contributed by atoms with van der Waals surface area (Å²) in [4.78, 5) is 26.6. The van der Waals surface area contributed by atoms with Crippen LogP contribution in [0.15, 0.2) is 0 Å². The minimum atomic E-state index is -0.808. The molecule has 1 N–H and O–H groups in total. The van der Waals surface area contributed by atoms with E-state index in [2.05, 4.69) is 0 Å². The summed E-state index contributed by atoms with van der Waals surface area (Å²) in [5.41, 5.74) is 0. The van der Waals surface area contributed by atoms with Crippen molar-refractivity contribution in [3.63, 3.8) is 0 Å². The molecular formula is C12H20N2O4. The van der Waals surface area contributed by atoms with E-state index < -0.39 is 11.9 Å². The van der Waals surface area contributed by atoms with E-state index >= 15 is 0 Å². The largest absolute Gasteiger partial charge is 0.481 e. The number of carboxylic acid groups (broad SMARTS) is 1. The average molecular weight is 256 g/mol. The Morgan fingerprint density at radius 2 is 1.94 bits per heavy atom. The van der Waals surface area contributed by atoms with Gasteiger partial charge in [-0.05, 0) is 19.8 Å². The van der Waals surface area contributed by atoms with E-state index in [0.717, 1.165) is 6.42 Å². The minimum absolute atomic E-state index is 0.0453. The van der Waals surface area contributed by atoms with Crippen LogP contribution in [-0.4, -0.2) is 65.8 Å². The number of nitrogens with zero attached hydrogens (tertiary/aromatic N) is 2. The van der Waals surface area contributed by atoms with Gasteiger partial charge in [0.25, 0.3) is 0 Å². The number of hydrogen-bond acceptors (Lipinski definition) is 3. The van der Waals surface area contributed by atoms with E-state index in [0.29, 0.717) is 39.2 Å². The smallest absolute Gasteiger partial charge is 0.320 e. The van der Waals surface area contributed by atoms with Gasteiger partial charge in [-0.2, -0.15) is 0 Å². The molecule has 6 nitrogen and oxygen atoms in total. The van der Waals surface area contributed by atoms with Crippen molar-refractivity contribution in [1.29, 1.82) is 0 Å². The highest BCUT2D eigenvalue weighted by Crippen LogP contribution is 2.19. The van der Waals surface area contributed by atoms with Crippen molar-refractivity contribution in [2.24, 2.45) is 5.92 Å². The molecule has 0 aromatic heterocycles. The van der Waals surface area contributed by atoms with Gasteiger partial charge in [-0.1, -0.05) is 0 Å². The molecule has 2 amide bonds. The molecular weight excluding hydrogens is 236 g/mol. The zero-order valence-corrected chi connectivity index (χ0v) is 10.7. The predicted octanol–water partition coefficient (Wildman–Crippen LogP) is 0.624. The summed E-state index contributed by atoms with van der Waals surface area (Å²) < 4.78 is 5.50. The van der Waals surface area contributed by atoms with Crippen LogP contribution in [0.1, 0.15) is 19.8 Å². The van der Waals surface area contributed by atoms with Crippen LogP contribution in [-0.2, 0) is 9.53 Å². The minimum Gasteiger partial charge on any atom is -0.481 e. The third-order valence-corrected chi connectivity index (χ3v) is 3.53. The molecule has 6 heteroatoms. The average Bonchev–Trinajstić information content (AvgIpc) is 2.72. The molecule has 2 atom stereocenters. The van der Waals surface area contributed by atoms with Gasteiger partial charge < -0.3 is 19.6 Å². The van der Waals surface area contributed by atoms with Gasteiger partial charge in [0.1, 0.15) is 0 Å². The molecule has 0 aliphatic carbocycles. The molecule has 2 unspecified atom stereocenters. The SMILES string of the molecule is CC1CN(C(=O)N2CCC(C(=O)O)C2)CCCO1. The van der Waals surface area contributed by atoms with Crippen LogP contribution in [0.25, 0.3) is 0 Å². The standard InChI is InChI=1S/C12H20N2O4/c1-9-7-13(4-2-6-18-9)12(17)14-5-3-10(8-14)11(15)16/h9-10H,2-8H2,1H3,(H,15,16). The molecule has 0 radical (unpaired) electrons. The molecule has 2 fully saturated rings. The number of rotatable bonds is 1. The maximum absolute atomic E-state index is 12.3. The highest BCUT2D eigenvalue weighted by Gasteiger charge is 2.33. The van der Waals surface area contributed by atoms with E-state index in [4.69, 9.17) is 9.84 Å². The topological polar surface area (TPSA) is 70.1 Å². The van der Waals surface area contributed by atoms with Gasteiger partial charge in [0.2, 0.25) is 0 Å². The van der Waals surface area contributed by atoms with E-state index in [9.17, 15) is 9.59 Å². The number of carbonyl (C=O) groups excluding carboxylic acids is 1. The Balaban J connectivity index is 1.92. The van der Waals surface area contributed by atoms with Gasteiger partial charge in [0, 0.05) is 32.8 Å². The van der Waals surface area contributed by atoms with Crippen LogP contribution in [0, 0.1) is 5.92 Å². The quantitative estimate of drug-likeness (QED) is 0.747. The fourth-order valence-corrected chi connectivity index (χ4v) is 2.50. The van der Waals surface area contributed by atoms with Gasteiger partial charge >= 0.3 is 12.0 Å². The van der Waals surface area contributed by atoms with Crippen molar-refractivity contribution in [3.05, 3.63) is 0 Å². The van der Waals surface area contributed by atoms with Crippen molar-refractivity contribution < 1.29 is 19.4 Å². The number of ether oxygens (including phenoxy) is 1. The number of carboxylic acids is 1. The second kappa shape index (κ2) is 5.56. The van der Waals surface area contributed by atoms with Crippen molar-refractivity contribution in [1.82, 2.24) is 9.80 Å². The molecule has 0 aromatic carbocycles. The lowest BCUT2D eigenvalue weighted by Gasteiger charge is -2.27. The number of aliphatic carboxylic acids is 1. The first-order valence-electron chi connectivity index (χ1n) is 6.46. The molecule has 0 spiro atoms. The molecule has 2 heterocycles. The number of hydrogen-bond donors (Lipinski definition) is 1. The highest BCUT2D eigenvalue weighted by atomic mass is 16.5. The summed E-state index contributed by atoms with van der Waals surface area (Å²) in [6.07, 6.45) is 1.45. The summed E-state index contributed by atoms with van der Waals surface area (Å²) in [5.74, 6) is -1.22. The fourth-order valence-electron chi connectivity index (χ4n) is 2.50. The fraction of sp³-hybridized carbons (Fsp3) is 0.833. The first-order chi connectivity index (χ1) is 8.58. The third kappa shape index (κ3) is 2.93. The summed E-state index contributed by atoms with van der Waals surface area (Å²) in [6.45, 7) is 4.80. The zero-order chi connectivity index (χ0) is 13.1. The van der Waals surface area contributed by atoms with E-state index in [1.54, 1.807) is 9.80 Å². The van der Waals surface area contributed by atoms with Crippen molar-refractivity contribution in [2.45, 2.75) is 25.9 Å². The molecule has 102 valence electrons. The molecule has 2 rings (SSSR count). The van der Waals surface area contributed by atoms with Crippen LogP contribution in [0.2, 0.25) is 0 Å². The third-order valence-electron chi connectivity index (χ3n) is 3.53. The van der Waals surface area contributed by atoms with Crippen LogP contribution in [0.3, 0.4) is 0 Å². The Morgan fingerprint density at radius 1 is 1.22 bits per heavy atom. The summed E-state index contributed by atoms with van der Waals surface area (Å²) in [5, 5.41) is 8.94. The number of urea groups is 1. The van der Waals surface area contributed by atoms with E-state index in [1.807, 2.05) is 6.92 Å². The summed E-state index contributed by atoms with van der Waals surface area (Å²) in [6, 6.07) is -0.0453. The monoisotopic (exact) mass is 256 g/mol. The van der Waals surface area contributed by atoms with E-state index in [1.165, 1.54) is 0 Å². The van der Waals surface area contributed by atoms with E-state index in [-0.39, 0.29) is 12.1 Å². The molecule has 2 saturated heterocycles. The normalized spacial score (nSPS) is 29.2. The van der Waals surface area contributed by atoms with Gasteiger partial charge in [-0.3, -0.25) is 4.79 Å². The number of likely N-dealkylation sites (tertiary alicyclic amines) is 1.